The lowest BCUT2D eigenvalue weighted by molar-refractivity contribution is 1.38. The van der Waals surface area contributed by atoms with Crippen LogP contribution in [-0.4, -0.2) is 4.98 Å². The highest BCUT2D eigenvalue weighted by Crippen LogP contribution is 2.34. The predicted molar refractivity (Wildman–Crippen MR) is 93.1 cm³/mol. The van der Waals surface area contributed by atoms with E-state index in [1.165, 1.54) is 5.56 Å². The van der Waals surface area contributed by atoms with E-state index >= 15 is 0 Å². The molecule has 0 spiro atoms. The van der Waals surface area contributed by atoms with E-state index in [0.717, 1.165) is 30.8 Å². The lowest BCUT2D eigenvalue weighted by atomic mass is 10.1. The molecule has 20 heavy (non-hydrogen) atoms. The molecule has 2 aromatic carbocycles. The first-order chi connectivity index (χ1) is 9.63. The first kappa shape index (κ1) is 14.0. The lowest BCUT2D eigenvalue weighted by Crippen LogP contribution is -1.82. The van der Waals surface area contributed by atoms with Crippen molar-refractivity contribution < 1.29 is 0 Å². The van der Waals surface area contributed by atoms with Crippen LogP contribution in [0.1, 0.15) is 5.56 Å². The quantitative estimate of drug-likeness (QED) is 0.484. The van der Waals surface area contributed by atoms with Crippen molar-refractivity contribution in [3.63, 3.8) is 0 Å². The Kier molecular flexibility index (Phi) is 4.06. The third-order valence-corrected chi connectivity index (χ3v) is 5.00. The number of hydrogen-bond donors (Lipinski definition) is 0. The van der Waals surface area contributed by atoms with Gasteiger partial charge in [0, 0.05) is 25.5 Å². The average molecular weight is 409 g/mol. The minimum Gasteiger partial charge on any atom is -0.236 e. The van der Waals surface area contributed by atoms with Gasteiger partial charge in [0.25, 0.3) is 0 Å². The topological polar surface area (TPSA) is 12.9 Å². The predicted octanol–water partition coefficient (Wildman–Crippen LogP) is 6.31. The first-order valence-corrected chi connectivity index (χ1v) is 8.58. The molecule has 0 unspecified atom stereocenters. The van der Waals surface area contributed by atoms with Crippen LogP contribution in [0.4, 0.5) is 0 Å². The van der Waals surface area contributed by atoms with E-state index in [1.54, 1.807) is 11.3 Å². The number of nitrogens with zero attached hydrogens (tertiary/aromatic N) is 1. The third kappa shape index (κ3) is 2.87. The minimum absolute atomic E-state index is 1.01. The largest absolute Gasteiger partial charge is 0.236 e. The van der Waals surface area contributed by atoms with E-state index in [2.05, 4.69) is 74.5 Å². The number of hydrogen-bond acceptors (Lipinski definition) is 2. The maximum Gasteiger partial charge on any atom is 0.125 e. The number of aryl methyl sites for hydroxylation is 1. The van der Waals surface area contributed by atoms with Crippen LogP contribution in [0.5, 0.6) is 0 Å². The highest BCUT2D eigenvalue weighted by molar-refractivity contribution is 9.10. The fourth-order valence-corrected chi connectivity index (χ4v) is 4.05. The Hall–Kier alpha value is -0.970. The molecule has 0 aliphatic heterocycles. The summed E-state index contributed by atoms with van der Waals surface area (Å²) in [6, 6.07) is 14.6. The maximum atomic E-state index is 4.75. The summed E-state index contributed by atoms with van der Waals surface area (Å²) in [7, 11) is 0. The number of halogens is 2. The minimum atomic E-state index is 1.01. The molecule has 0 bridgehead atoms. The number of thiazole rings is 1. The van der Waals surface area contributed by atoms with Crippen LogP contribution in [0.25, 0.3) is 21.8 Å². The Morgan fingerprint density at radius 3 is 2.65 bits per heavy atom. The molecule has 0 saturated heterocycles. The maximum absolute atomic E-state index is 4.75. The normalized spacial score (nSPS) is 10.8. The van der Waals surface area contributed by atoms with Crippen LogP contribution in [0.15, 0.2) is 56.8 Å². The zero-order valence-electron chi connectivity index (χ0n) is 10.7. The van der Waals surface area contributed by atoms with Crippen molar-refractivity contribution in [3.05, 3.63) is 62.4 Å². The molecule has 0 N–H and O–H groups in total. The molecule has 0 fully saturated rings. The summed E-state index contributed by atoms with van der Waals surface area (Å²) in [6.07, 6.45) is 0. The Bertz CT molecular complexity index is 765. The molecule has 0 aliphatic rings. The first-order valence-electron chi connectivity index (χ1n) is 6.11. The van der Waals surface area contributed by atoms with Gasteiger partial charge in [0.2, 0.25) is 0 Å². The third-order valence-electron chi connectivity index (χ3n) is 2.98. The molecule has 0 atom stereocenters. The standard InChI is InChI=1S/C16H11Br2NS/c1-10-5-6-13(14(18)7-10)16-19-15(9-20-16)11-3-2-4-12(17)8-11/h2-9H,1H3. The summed E-state index contributed by atoms with van der Waals surface area (Å²) in [5, 5.41) is 3.13. The van der Waals surface area contributed by atoms with Gasteiger partial charge in [-0.05, 0) is 30.7 Å². The molecular formula is C16H11Br2NS. The van der Waals surface area contributed by atoms with Crippen LogP contribution in [-0.2, 0) is 0 Å². The molecule has 0 radical (unpaired) electrons. The van der Waals surface area contributed by atoms with Gasteiger partial charge >= 0.3 is 0 Å². The van der Waals surface area contributed by atoms with Crippen molar-refractivity contribution in [2.75, 3.05) is 0 Å². The van der Waals surface area contributed by atoms with Gasteiger partial charge in [0.05, 0.1) is 5.69 Å². The molecule has 3 aromatic rings. The highest BCUT2D eigenvalue weighted by Gasteiger charge is 2.09. The van der Waals surface area contributed by atoms with Gasteiger partial charge in [-0.3, -0.25) is 0 Å². The molecular weight excluding hydrogens is 398 g/mol. The fraction of sp³-hybridized carbons (Fsp3) is 0.0625. The van der Waals surface area contributed by atoms with Crippen LogP contribution in [0.3, 0.4) is 0 Å². The van der Waals surface area contributed by atoms with E-state index in [1.807, 2.05) is 12.1 Å². The number of benzene rings is 2. The molecule has 0 saturated carbocycles. The van der Waals surface area contributed by atoms with Gasteiger partial charge in [0.1, 0.15) is 5.01 Å². The number of aromatic nitrogens is 1. The number of rotatable bonds is 2. The van der Waals surface area contributed by atoms with Crippen molar-refractivity contribution >= 4 is 43.2 Å². The Morgan fingerprint density at radius 1 is 1.05 bits per heavy atom. The zero-order valence-corrected chi connectivity index (χ0v) is 14.7. The van der Waals surface area contributed by atoms with Crippen molar-refractivity contribution in [3.8, 4) is 21.8 Å². The molecule has 1 heterocycles. The van der Waals surface area contributed by atoms with Gasteiger partial charge < -0.3 is 0 Å². The van der Waals surface area contributed by atoms with Crippen LogP contribution in [0, 0.1) is 6.92 Å². The second-order valence-corrected chi connectivity index (χ2v) is 7.16. The van der Waals surface area contributed by atoms with Crippen molar-refractivity contribution in [1.29, 1.82) is 0 Å². The Labute approximate surface area is 139 Å². The summed E-state index contributed by atoms with van der Waals surface area (Å²) in [4.78, 5) is 4.75. The summed E-state index contributed by atoms with van der Waals surface area (Å²) < 4.78 is 2.16. The SMILES string of the molecule is Cc1ccc(-c2nc(-c3cccc(Br)c3)cs2)c(Br)c1. The molecule has 0 amide bonds. The Balaban J connectivity index is 2.02. The van der Waals surface area contributed by atoms with Gasteiger partial charge in [-0.25, -0.2) is 4.98 Å². The summed E-state index contributed by atoms with van der Waals surface area (Å²) in [6.45, 7) is 2.09. The van der Waals surface area contributed by atoms with Gasteiger partial charge in [-0.15, -0.1) is 11.3 Å². The van der Waals surface area contributed by atoms with E-state index < -0.39 is 0 Å². The van der Waals surface area contributed by atoms with E-state index in [0.29, 0.717) is 0 Å². The second-order valence-electron chi connectivity index (χ2n) is 4.53. The molecule has 4 heteroatoms. The molecule has 100 valence electrons. The van der Waals surface area contributed by atoms with Crippen molar-refractivity contribution in [2.24, 2.45) is 0 Å². The molecule has 1 aromatic heterocycles. The van der Waals surface area contributed by atoms with Gasteiger partial charge in [-0.2, -0.15) is 0 Å². The summed E-state index contributed by atoms with van der Waals surface area (Å²) >= 11 is 8.79. The van der Waals surface area contributed by atoms with Crippen molar-refractivity contribution in [1.82, 2.24) is 4.98 Å². The summed E-state index contributed by atoms with van der Waals surface area (Å²) in [5.74, 6) is 0. The fourth-order valence-electron chi connectivity index (χ4n) is 1.97. The van der Waals surface area contributed by atoms with Crippen LogP contribution >= 0.6 is 43.2 Å². The summed E-state index contributed by atoms with van der Waals surface area (Å²) in [5.41, 5.74) is 4.52. The Morgan fingerprint density at radius 2 is 1.90 bits per heavy atom. The molecule has 0 aliphatic carbocycles. The van der Waals surface area contributed by atoms with Gasteiger partial charge in [-0.1, -0.05) is 56.1 Å². The van der Waals surface area contributed by atoms with Crippen LogP contribution < -0.4 is 0 Å². The monoisotopic (exact) mass is 407 g/mol. The molecule has 3 rings (SSSR count). The van der Waals surface area contributed by atoms with E-state index in [-0.39, 0.29) is 0 Å². The second kappa shape index (κ2) is 5.80. The zero-order chi connectivity index (χ0) is 14.1. The van der Waals surface area contributed by atoms with E-state index in [4.69, 9.17) is 4.98 Å². The highest BCUT2D eigenvalue weighted by atomic mass is 79.9. The average Bonchev–Trinajstić information content (AvgIpc) is 2.88. The lowest BCUT2D eigenvalue weighted by Gasteiger charge is -2.02. The smallest absolute Gasteiger partial charge is 0.125 e. The van der Waals surface area contributed by atoms with Crippen molar-refractivity contribution in [2.45, 2.75) is 6.92 Å². The van der Waals surface area contributed by atoms with Crippen LogP contribution in [0.2, 0.25) is 0 Å². The van der Waals surface area contributed by atoms with E-state index in [9.17, 15) is 0 Å². The molecule has 1 nitrogen and oxygen atoms in total. The van der Waals surface area contributed by atoms with Gasteiger partial charge in [0.15, 0.2) is 0 Å².